The topological polar surface area (TPSA) is 12.4 Å². The SMILES string of the molecule is CCCCC1=NSSC=C1. The molecule has 0 aliphatic carbocycles. The Morgan fingerprint density at radius 2 is 2.50 bits per heavy atom. The van der Waals surface area contributed by atoms with E-state index in [2.05, 4.69) is 22.8 Å². The molecule has 0 saturated carbocycles. The summed E-state index contributed by atoms with van der Waals surface area (Å²) >= 11 is 0. The molecule has 0 fully saturated rings. The van der Waals surface area contributed by atoms with Gasteiger partial charge in [-0.05, 0) is 35.1 Å². The van der Waals surface area contributed by atoms with E-state index in [9.17, 15) is 0 Å². The normalized spacial score (nSPS) is 17.1. The molecule has 0 unspecified atom stereocenters. The number of unbranched alkanes of at least 4 members (excludes halogenated alkanes) is 1. The Morgan fingerprint density at radius 1 is 1.60 bits per heavy atom. The molecular weight excluding hydrogens is 162 g/mol. The van der Waals surface area contributed by atoms with Crippen molar-refractivity contribution in [1.29, 1.82) is 0 Å². The van der Waals surface area contributed by atoms with Gasteiger partial charge in [0, 0.05) is 11.0 Å². The quantitative estimate of drug-likeness (QED) is 0.479. The van der Waals surface area contributed by atoms with Crippen molar-refractivity contribution in [1.82, 2.24) is 0 Å². The average molecular weight is 173 g/mol. The molecule has 0 bridgehead atoms. The Balaban J connectivity index is 2.26. The fraction of sp³-hybridized carbons (Fsp3) is 0.571. The van der Waals surface area contributed by atoms with Gasteiger partial charge in [-0.1, -0.05) is 13.3 Å². The second kappa shape index (κ2) is 4.85. The fourth-order valence-electron chi connectivity index (χ4n) is 0.718. The number of hydrogen-bond donors (Lipinski definition) is 0. The molecule has 56 valence electrons. The lowest BCUT2D eigenvalue weighted by Gasteiger charge is -2.01. The molecule has 10 heavy (non-hydrogen) atoms. The van der Waals surface area contributed by atoms with Crippen LogP contribution in [0, 0.1) is 0 Å². The minimum atomic E-state index is 1.14. The highest BCUT2D eigenvalue weighted by Gasteiger charge is 1.97. The van der Waals surface area contributed by atoms with Crippen molar-refractivity contribution in [3.63, 3.8) is 0 Å². The number of hydrogen-bond acceptors (Lipinski definition) is 3. The number of rotatable bonds is 3. The van der Waals surface area contributed by atoms with Gasteiger partial charge in [-0.3, -0.25) is 0 Å². The Bertz CT molecular complexity index is 152. The maximum absolute atomic E-state index is 4.28. The largest absolute Gasteiger partial charge is 0.209 e. The molecule has 1 heterocycles. The van der Waals surface area contributed by atoms with Crippen molar-refractivity contribution in [3.8, 4) is 0 Å². The van der Waals surface area contributed by atoms with E-state index in [1.165, 1.54) is 18.6 Å². The van der Waals surface area contributed by atoms with Crippen LogP contribution in [0.2, 0.25) is 0 Å². The van der Waals surface area contributed by atoms with Gasteiger partial charge >= 0.3 is 0 Å². The lowest BCUT2D eigenvalue weighted by molar-refractivity contribution is 0.838. The predicted molar refractivity (Wildman–Crippen MR) is 51.3 cm³/mol. The van der Waals surface area contributed by atoms with Crippen molar-refractivity contribution < 1.29 is 0 Å². The highest BCUT2D eigenvalue weighted by Crippen LogP contribution is 2.28. The van der Waals surface area contributed by atoms with Crippen molar-refractivity contribution in [3.05, 3.63) is 11.5 Å². The third-order valence-corrected chi connectivity index (χ3v) is 2.76. The molecule has 0 N–H and O–H groups in total. The van der Waals surface area contributed by atoms with Crippen LogP contribution in [0.25, 0.3) is 0 Å². The summed E-state index contributed by atoms with van der Waals surface area (Å²) in [5, 5.41) is 2.10. The van der Waals surface area contributed by atoms with Crippen molar-refractivity contribution in [2.24, 2.45) is 4.40 Å². The van der Waals surface area contributed by atoms with Crippen LogP contribution in [-0.4, -0.2) is 5.71 Å². The first kappa shape index (κ1) is 8.21. The van der Waals surface area contributed by atoms with Crippen LogP contribution < -0.4 is 0 Å². The first-order valence-corrected chi connectivity index (χ1v) is 5.66. The van der Waals surface area contributed by atoms with Crippen molar-refractivity contribution >= 4 is 27.5 Å². The molecule has 0 radical (unpaired) electrons. The van der Waals surface area contributed by atoms with Gasteiger partial charge in [-0.15, -0.1) is 0 Å². The molecular formula is C7H11NS2. The Morgan fingerprint density at radius 3 is 3.10 bits per heavy atom. The van der Waals surface area contributed by atoms with Crippen LogP contribution in [0.5, 0.6) is 0 Å². The first-order valence-electron chi connectivity index (χ1n) is 3.49. The minimum absolute atomic E-state index is 1.14. The second-order valence-corrected chi connectivity index (χ2v) is 3.98. The van der Waals surface area contributed by atoms with Crippen LogP contribution in [0.15, 0.2) is 15.9 Å². The van der Waals surface area contributed by atoms with Gasteiger partial charge in [0.2, 0.25) is 0 Å². The highest BCUT2D eigenvalue weighted by atomic mass is 33.1. The van der Waals surface area contributed by atoms with Crippen molar-refractivity contribution in [2.45, 2.75) is 26.2 Å². The fourth-order valence-corrected chi connectivity index (χ4v) is 2.00. The van der Waals surface area contributed by atoms with Crippen LogP contribution in [0.3, 0.4) is 0 Å². The summed E-state index contributed by atoms with van der Waals surface area (Å²) in [6.45, 7) is 2.20. The summed E-state index contributed by atoms with van der Waals surface area (Å²) in [5.41, 5.74) is 1.24. The second-order valence-electron chi connectivity index (χ2n) is 2.16. The molecule has 0 aromatic rings. The van der Waals surface area contributed by atoms with Gasteiger partial charge in [0.15, 0.2) is 0 Å². The van der Waals surface area contributed by atoms with Crippen LogP contribution in [0.4, 0.5) is 0 Å². The van der Waals surface area contributed by atoms with Crippen LogP contribution in [-0.2, 0) is 0 Å². The summed E-state index contributed by atoms with van der Waals surface area (Å²) < 4.78 is 4.28. The molecule has 3 heteroatoms. The first-order chi connectivity index (χ1) is 4.93. The van der Waals surface area contributed by atoms with Crippen LogP contribution >= 0.6 is 21.8 Å². The molecule has 1 aliphatic heterocycles. The Kier molecular flexibility index (Phi) is 3.98. The molecule has 1 nitrogen and oxygen atoms in total. The zero-order valence-corrected chi connectivity index (χ0v) is 7.67. The zero-order valence-electron chi connectivity index (χ0n) is 6.04. The lowest BCUT2D eigenvalue weighted by atomic mass is 10.2. The molecule has 0 amide bonds. The summed E-state index contributed by atoms with van der Waals surface area (Å²) in [6, 6.07) is 0. The predicted octanol–water partition coefficient (Wildman–Crippen LogP) is 3.44. The molecule has 1 aliphatic rings. The van der Waals surface area contributed by atoms with E-state index in [1.54, 1.807) is 21.8 Å². The lowest BCUT2D eigenvalue weighted by Crippen LogP contribution is -1.92. The number of nitrogens with zero attached hydrogens (tertiary/aromatic N) is 1. The van der Waals surface area contributed by atoms with E-state index < -0.39 is 0 Å². The Labute approximate surface area is 69.9 Å². The van der Waals surface area contributed by atoms with Crippen molar-refractivity contribution in [2.75, 3.05) is 0 Å². The summed E-state index contributed by atoms with van der Waals surface area (Å²) in [5.74, 6) is 0. The summed E-state index contributed by atoms with van der Waals surface area (Å²) in [4.78, 5) is 0. The van der Waals surface area contributed by atoms with Gasteiger partial charge in [-0.25, -0.2) is 4.40 Å². The third kappa shape index (κ3) is 2.80. The molecule has 0 spiro atoms. The van der Waals surface area contributed by atoms with Gasteiger partial charge in [0.1, 0.15) is 0 Å². The molecule has 0 aromatic heterocycles. The third-order valence-electron chi connectivity index (χ3n) is 1.30. The zero-order chi connectivity index (χ0) is 7.23. The van der Waals surface area contributed by atoms with Gasteiger partial charge in [0.05, 0.1) is 5.71 Å². The van der Waals surface area contributed by atoms with Gasteiger partial charge in [-0.2, -0.15) is 0 Å². The summed E-state index contributed by atoms with van der Waals surface area (Å²) in [7, 11) is 3.25. The van der Waals surface area contributed by atoms with E-state index in [0.717, 1.165) is 6.42 Å². The summed E-state index contributed by atoms with van der Waals surface area (Å²) in [6.07, 6.45) is 5.76. The molecule has 0 atom stereocenters. The van der Waals surface area contributed by atoms with E-state index in [0.29, 0.717) is 0 Å². The highest BCUT2D eigenvalue weighted by molar-refractivity contribution is 8.77. The minimum Gasteiger partial charge on any atom is -0.209 e. The van der Waals surface area contributed by atoms with E-state index >= 15 is 0 Å². The standard InChI is InChI=1S/C7H11NS2/c1-2-3-4-7-5-6-9-10-8-7/h5-6H,2-4H2,1H3. The maximum atomic E-state index is 4.28. The average Bonchev–Trinajstić information content (AvgIpc) is 2.03. The molecule has 0 saturated heterocycles. The van der Waals surface area contributed by atoms with E-state index in [4.69, 9.17) is 0 Å². The Hall–Kier alpha value is 0.110. The van der Waals surface area contributed by atoms with E-state index in [1.807, 2.05) is 0 Å². The van der Waals surface area contributed by atoms with E-state index in [-0.39, 0.29) is 0 Å². The maximum Gasteiger partial charge on any atom is 0.0502 e. The smallest absolute Gasteiger partial charge is 0.0502 e. The number of allylic oxidation sites excluding steroid dienone is 1. The van der Waals surface area contributed by atoms with Crippen LogP contribution in [0.1, 0.15) is 26.2 Å². The van der Waals surface area contributed by atoms with Gasteiger partial charge < -0.3 is 0 Å². The monoisotopic (exact) mass is 173 g/mol. The molecule has 0 aromatic carbocycles. The van der Waals surface area contributed by atoms with Gasteiger partial charge in [0.25, 0.3) is 0 Å². The molecule has 1 rings (SSSR count).